The lowest BCUT2D eigenvalue weighted by Crippen LogP contribution is -2.30. The number of ether oxygens (including phenoxy) is 1. The van der Waals surface area contributed by atoms with Gasteiger partial charge >= 0.3 is 0 Å². The zero-order chi connectivity index (χ0) is 21.1. The summed E-state index contributed by atoms with van der Waals surface area (Å²) in [7, 11) is -1.13. The lowest BCUT2D eigenvalue weighted by Gasteiger charge is -2.21. The monoisotopic (exact) mass is 428 g/mol. The van der Waals surface area contributed by atoms with Gasteiger partial charge in [-0.25, -0.2) is 9.97 Å². The number of amides is 1. The van der Waals surface area contributed by atoms with Gasteiger partial charge in [0.05, 0.1) is 17.5 Å². The summed E-state index contributed by atoms with van der Waals surface area (Å²) in [6.07, 6.45) is 12.4. The molecule has 0 aliphatic heterocycles. The van der Waals surface area contributed by atoms with Crippen molar-refractivity contribution in [3.63, 3.8) is 0 Å². The van der Waals surface area contributed by atoms with Crippen LogP contribution in [0.2, 0.25) is 25.7 Å². The molecule has 7 heteroatoms. The number of nitrogens with zero attached hydrogens (tertiary/aromatic N) is 3. The first kappa shape index (κ1) is 21.5. The van der Waals surface area contributed by atoms with Crippen LogP contribution >= 0.6 is 0 Å². The Kier molecular flexibility index (Phi) is 6.58. The first-order valence-corrected chi connectivity index (χ1v) is 15.3. The molecular formula is C23H36N4O2Si. The summed E-state index contributed by atoms with van der Waals surface area (Å²) >= 11 is 0. The highest BCUT2D eigenvalue weighted by Gasteiger charge is 2.27. The van der Waals surface area contributed by atoms with Crippen LogP contribution in [0.25, 0.3) is 11.2 Å². The van der Waals surface area contributed by atoms with Crippen LogP contribution in [0.5, 0.6) is 0 Å². The molecule has 0 spiro atoms. The number of aromatic nitrogens is 3. The van der Waals surface area contributed by atoms with Gasteiger partial charge in [-0.1, -0.05) is 38.9 Å². The molecule has 164 valence electrons. The average molecular weight is 429 g/mol. The Bertz CT molecular complexity index is 879. The van der Waals surface area contributed by atoms with E-state index in [9.17, 15) is 4.79 Å². The average Bonchev–Trinajstić information content (AvgIpc) is 3.51. The van der Waals surface area contributed by atoms with Gasteiger partial charge in [-0.2, -0.15) is 0 Å². The fourth-order valence-corrected chi connectivity index (χ4v) is 4.93. The second-order valence-corrected chi connectivity index (χ2v) is 15.9. The van der Waals surface area contributed by atoms with Gasteiger partial charge in [0.15, 0.2) is 5.65 Å². The number of carbonyl (C=O) groups is 1. The summed E-state index contributed by atoms with van der Waals surface area (Å²) in [6, 6.07) is 1.12. The van der Waals surface area contributed by atoms with Gasteiger partial charge in [0.25, 0.3) is 5.91 Å². The van der Waals surface area contributed by atoms with Crippen molar-refractivity contribution in [1.29, 1.82) is 0 Å². The van der Waals surface area contributed by atoms with Crippen molar-refractivity contribution < 1.29 is 9.53 Å². The van der Waals surface area contributed by atoms with Gasteiger partial charge in [0, 0.05) is 33.3 Å². The number of hydrogen-bond acceptors (Lipinski definition) is 4. The van der Waals surface area contributed by atoms with Crippen molar-refractivity contribution in [3.05, 3.63) is 23.7 Å². The van der Waals surface area contributed by atoms with Crippen LogP contribution in [0.3, 0.4) is 0 Å². The quantitative estimate of drug-likeness (QED) is 0.454. The number of carbonyl (C=O) groups excluding carboxylic acids is 1. The third-order valence-electron chi connectivity index (χ3n) is 6.33. The number of hydrogen-bond donors (Lipinski definition) is 1. The van der Waals surface area contributed by atoms with Crippen LogP contribution in [-0.4, -0.2) is 41.7 Å². The minimum Gasteiger partial charge on any atom is -0.361 e. The molecule has 0 bridgehead atoms. The summed E-state index contributed by atoms with van der Waals surface area (Å²) in [5, 5.41) is 3.17. The van der Waals surface area contributed by atoms with Gasteiger partial charge in [0.2, 0.25) is 0 Å². The van der Waals surface area contributed by atoms with E-state index in [-0.39, 0.29) is 5.91 Å². The molecule has 2 aromatic heterocycles. The van der Waals surface area contributed by atoms with E-state index < -0.39 is 8.07 Å². The minimum atomic E-state index is -1.13. The molecule has 4 rings (SSSR count). The van der Waals surface area contributed by atoms with Crippen molar-refractivity contribution >= 4 is 25.1 Å². The summed E-state index contributed by atoms with van der Waals surface area (Å²) < 4.78 is 7.88. The van der Waals surface area contributed by atoms with Crippen LogP contribution in [0, 0.1) is 5.92 Å². The molecule has 0 unspecified atom stereocenters. The van der Waals surface area contributed by atoms with Gasteiger partial charge in [-0.3, -0.25) is 4.79 Å². The molecule has 2 fully saturated rings. The second kappa shape index (κ2) is 9.18. The molecule has 2 aliphatic rings. The Balaban J connectivity index is 1.49. The summed E-state index contributed by atoms with van der Waals surface area (Å²) in [5.74, 6) is 1.08. The maximum absolute atomic E-state index is 13.0. The molecule has 2 heterocycles. The highest BCUT2D eigenvalue weighted by molar-refractivity contribution is 6.76. The van der Waals surface area contributed by atoms with Gasteiger partial charge in [-0.15, -0.1) is 0 Å². The Hall–Kier alpha value is -1.73. The van der Waals surface area contributed by atoms with E-state index in [1.807, 2.05) is 17.0 Å². The molecular weight excluding hydrogens is 392 g/mol. The Morgan fingerprint density at radius 3 is 2.67 bits per heavy atom. The third kappa shape index (κ3) is 5.49. The lowest BCUT2D eigenvalue weighted by atomic mass is 9.89. The van der Waals surface area contributed by atoms with Crippen LogP contribution < -0.4 is 5.32 Å². The molecule has 30 heavy (non-hydrogen) atoms. The van der Waals surface area contributed by atoms with Gasteiger partial charge in [-0.05, 0) is 37.6 Å². The van der Waals surface area contributed by atoms with E-state index in [0.717, 1.165) is 30.5 Å². The normalized spacial score (nSPS) is 18.1. The van der Waals surface area contributed by atoms with E-state index in [1.54, 1.807) is 0 Å². The zero-order valence-electron chi connectivity index (χ0n) is 18.7. The first-order chi connectivity index (χ1) is 14.4. The van der Waals surface area contributed by atoms with Gasteiger partial charge < -0.3 is 14.6 Å². The van der Waals surface area contributed by atoms with Crippen molar-refractivity contribution in [2.75, 3.05) is 13.2 Å². The fraction of sp³-hybridized carbons (Fsp3) is 0.696. The molecule has 1 N–H and O–H groups in total. The first-order valence-electron chi connectivity index (χ1n) is 11.6. The standard InChI is InChI=1S/C23H36N4O2Si/c1-30(2,3)12-11-29-16-27-15-19(23(28)25-13-17-7-5-4-6-8-17)21-22(27)24-14-20(26-21)18-9-10-18/h14-15,17-18H,4-13,16H2,1-3H3,(H,25,28). The van der Waals surface area contributed by atoms with Crippen molar-refractivity contribution in [1.82, 2.24) is 19.9 Å². The van der Waals surface area contributed by atoms with Crippen LogP contribution in [0.1, 0.15) is 66.9 Å². The molecule has 2 aromatic rings. The molecule has 2 saturated carbocycles. The van der Waals surface area contributed by atoms with Crippen LogP contribution in [0.15, 0.2) is 12.4 Å². The van der Waals surface area contributed by atoms with Crippen molar-refractivity contribution in [3.8, 4) is 0 Å². The summed E-state index contributed by atoms with van der Waals surface area (Å²) in [6.45, 7) is 8.96. The molecule has 6 nitrogen and oxygen atoms in total. The molecule has 0 saturated heterocycles. The lowest BCUT2D eigenvalue weighted by molar-refractivity contribution is 0.0890. The van der Waals surface area contributed by atoms with Crippen molar-refractivity contribution in [2.24, 2.45) is 5.92 Å². The fourth-order valence-electron chi connectivity index (χ4n) is 4.17. The zero-order valence-corrected chi connectivity index (χ0v) is 19.7. The van der Waals surface area contributed by atoms with Crippen molar-refractivity contribution in [2.45, 2.75) is 83.3 Å². The molecule has 1 amide bonds. The number of nitrogens with one attached hydrogen (secondary N) is 1. The second-order valence-electron chi connectivity index (χ2n) is 10.3. The highest BCUT2D eigenvalue weighted by Crippen LogP contribution is 2.39. The highest BCUT2D eigenvalue weighted by atomic mass is 28.3. The third-order valence-corrected chi connectivity index (χ3v) is 8.03. The number of rotatable bonds is 9. The predicted molar refractivity (Wildman–Crippen MR) is 123 cm³/mol. The van der Waals surface area contributed by atoms with E-state index in [1.165, 1.54) is 44.9 Å². The van der Waals surface area contributed by atoms with E-state index in [2.05, 4.69) is 29.9 Å². The topological polar surface area (TPSA) is 69.0 Å². The predicted octanol–water partition coefficient (Wildman–Crippen LogP) is 4.93. The largest absolute Gasteiger partial charge is 0.361 e. The van der Waals surface area contributed by atoms with Gasteiger partial charge in [0.1, 0.15) is 12.2 Å². The Labute approximate surface area is 180 Å². The van der Waals surface area contributed by atoms with E-state index >= 15 is 0 Å². The smallest absolute Gasteiger partial charge is 0.255 e. The molecule has 0 atom stereocenters. The summed E-state index contributed by atoms with van der Waals surface area (Å²) in [5.41, 5.74) is 3.11. The molecule has 2 aliphatic carbocycles. The van der Waals surface area contributed by atoms with E-state index in [4.69, 9.17) is 9.72 Å². The Morgan fingerprint density at radius 1 is 1.20 bits per heavy atom. The maximum Gasteiger partial charge on any atom is 0.255 e. The SMILES string of the molecule is C[Si](C)(C)CCOCn1cc(C(=O)NCC2CCCCC2)c2nc(C3CC3)cnc21. The molecule has 0 aromatic carbocycles. The number of fused-ring (bicyclic) bond motifs is 1. The molecule has 0 radical (unpaired) electrons. The Morgan fingerprint density at radius 2 is 1.97 bits per heavy atom. The summed E-state index contributed by atoms with van der Waals surface area (Å²) in [4.78, 5) is 22.6. The van der Waals surface area contributed by atoms with Crippen LogP contribution in [-0.2, 0) is 11.5 Å². The van der Waals surface area contributed by atoms with E-state index in [0.29, 0.717) is 29.6 Å². The van der Waals surface area contributed by atoms with Crippen LogP contribution in [0.4, 0.5) is 0 Å². The minimum absolute atomic E-state index is 0.0336. The maximum atomic E-state index is 13.0.